The minimum atomic E-state index is -0.562. The standard InChI is InChI=1S/C21H26N4O4/c1-5-28-21(27)15-11-16-19(24(18(15)22)9-6-10-29-13(2)3)23-17-8-7-14(4)12-25(17)20(16)26/h7-8,11-13,22H,5-6,9-10H2,1-4H3/p+1. The van der Waals surface area contributed by atoms with Gasteiger partial charge in [-0.1, -0.05) is 11.1 Å². The van der Waals surface area contributed by atoms with Gasteiger partial charge in [-0.15, -0.1) is 0 Å². The number of carbonyl (C=O) groups excluding carboxylic acids is 1. The number of nitrogens with zero attached hydrogens (tertiary/aromatic N) is 3. The molecule has 0 bridgehead atoms. The summed E-state index contributed by atoms with van der Waals surface area (Å²) < 4.78 is 13.9. The smallest absolute Gasteiger partial charge is 0.344 e. The molecule has 3 aromatic rings. The van der Waals surface area contributed by atoms with Crippen molar-refractivity contribution in [2.24, 2.45) is 0 Å². The van der Waals surface area contributed by atoms with Crippen molar-refractivity contribution >= 4 is 28.5 Å². The summed E-state index contributed by atoms with van der Waals surface area (Å²) in [6.45, 7) is 8.76. The van der Waals surface area contributed by atoms with E-state index in [0.717, 1.165) is 5.56 Å². The van der Waals surface area contributed by atoms with Gasteiger partial charge in [0.05, 0.1) is 19.3 Å². The van der Waals surface area contributed by atoms with E-state index in [0.29, 0.717) is 36.3 Å². The molecule has 0 unspecified atom stereocenters. The summed E-state index contributed by atoms with van der Waals surface area (Å²) in [5.74, 6) is -0.336. The maximum absolute atomic E-state index is 13.1. The Balaban J connectivity index is 2.21. The third-order valence-electron chi connectivity index (χ3n) is 4.57. The van der Waals surface area contributed by atoms with Crippen molar-refractivity contribution in [3.8, 4) is 0 Å². The summed E-state index contributed by atoms with van der Waals surface area (Å²) in [7, 11) is 0. The monoisotopic (exact) mass is 399 g/mol. The largest absolute Gasteiger partial charge is 0.462 e. The van der Waals surface area contributed by atoms with Crippen molar-refractivity contribution in [2.45, 2.75) is 46.8 Å². The van der Waals surface area contributed by atoms with Gasteiger partial charge < -0.3 is 15.2 Å². The molecule has 0 radical (unpaired) electrons. The molecule has 0 fully saturated rings. The first-order valence-electron chi connectivity index (χ1n) is 9.77. The highest BCUT2D eigenvalue weighted by Crippen LogP contribution is 2.16. The van der Waals surface area contributed by atoms with Gasteiger partial charge in [-0.25, -0.2) is 9.36 Å². The van der Waals surface area contributed by atoms with Gasteiger partial charge in [0.1, 0.15) is 10.9 Å². The summed E-state index contributed by atoms with van der Waals surface area (Å²) in [4.78, 5) is 30.2. The number of ether oxygens (including phenoxy) is 2. The Morgan fingerprint density at radius 1 is 1.34 bits per heavy atom. The molecular formula is C21H27N4O4+. The summed E-state index contributed by atoms with van der Waals surface area (Å²) in [5.41, 5.74) is 8.11. The van der Waals surface area contributed by atoms with Gasteiger partial charge in [-0.3, -0.25) is 9.20 Å². The van der Waals surface area contributed by atoms with Gasteiger partial charge in [0.2, 0.25) is 11.5 Å². The number of rotatable bonds is 7. The molecule has 0 aliphatic heterocycles. The van der Waals surface area contributed by atoms with Crippen LogP contribution in [0.1, 0.15) is 43.1 Å². The molecule has 0 saturated carbocycles. The van der Waals surface area contributed by atoms with Crippen LogP contribution in [0.3, 0.4) is 0 Å². The molecule has 0 aromatic carbocycles. The number of aromatic nitrogens is 3. The molecule has 3 rings (SSSR count). The number of carbonyl (C=O) groups is 1. The summed E-state index contributed by atoms with van der Waals surface area (Å²) in [6.07, 6.45) is 2.50. The zero-order valence-corrected chi connectivity index (χ0v) is 17.3. The quantitative estimate of drug-likeness (QED) is 0.282. The van der Waals surface area contributed by atoms with Crippen LogP contribution in [0, 0.1) is 6.92 Å². The lowest BCUT2D eigenvalue weighted by Crippen LogP contribution is -2.42. The second-order valence-electron chi connectivity index (χ2n) is 7.18. The number of nitrogens with two attached hydrogens (primary N) is 1. The van der Waals surface area contributed by atoms with Crippen LogP contribution >= 0.6 is 0 Å². The number of fused-ring (bicyclic) bond motifs is 2. The molecule has 0 aliphatic rings. The SMILES string of the molecule is CCOC(=O)c1cc2c(=O)n3cc(C)ccc3nc2[n+](CCCOC(C)C)c1N. The molecule has 0 spiro atoms. The summed E-state index contributed by atoms with van der Waals surface area (Å²) >= 11 is 0. The second-order valence-corrected chi connectivity index (χ2v) is 7.18. The number of pyridine rings is 2. The van der Waals surface area contributed by atoms with Gasteiger partial charge in [0.25, 0.3) is 11.2 Å². The van der Waals surface area contributed by atoms with Crippen LogP contribution in [0.5, 0.6) is 0 Å². The first-order valence-corrected chi connectivity index (χ1v) is 9.77. The van der Waals surface area contributed by atoms with Gasteiger partial charge in [-0.2, -0.15) is 0 Å². The van der Waals surface area contributed by atoms with E-state index in [-0.39, 0.29) is 29.7 Å². The Bertz CT molecular complexity index is 1120. The molecule has 0 amide bonds. The van der Waals surface area contributed by atoms with E-state index in [2.05, 4.69) is 4.98 Å². The first kappa shape index (κ1) is 20.7. The predicted octanol–water partition coefficient (Wildman–Crippen LogP) is 2.02. The maximum atomic E-state index is 13.1. The molecule has 29 heavy (non-hydrogen) atoms. The van der Waals surface area contributed by atoms with Crippen molar-refractivity contribution < 1.29 is 18.8 Å². The summed E-state index contributed by atoms with van der Waals surface area (Å²) in [5, 5.41) is 0.315. The van der Waals surface area contributed by atoms with Crippen molar-refractivity contribution in [2.75, 3.05) is 18.9 Å². The number of aryl methyl sites for hydroxylation is 2. The fourth-order valence-corrected chi connectivity index (χ4v) is 3.20. The van der Waals surface area contributed by atoms with E-state index in [4.69, 9.17) is 15.2 Å². The minimum Gasteiger partial charge on any atom is -0.462 e. The predicted molar refractivity (Wildman–Crippen MR) is 110 cm³/mol. The Kier molecular flexibility index (Phi) is 6.12. The van der Waals surface area contributed by atoms with Gasteiger partial charge in [-0.05, 0) is 45.4 Å². The molecule has 0 atom stereocenters. The number of esters is 1. The van der Waals surface area contributed by atoms with Crippen LogP contribution in [-0.2, 0) is 16.0 Å². The third-order valence-corrected chi connectivity index (χ3v) is 4.57. The molecule has 0 saturated heterocycles. The van der Waals surface area contributed by atoms with Crippen molar-refractivity contribution in [1.82, 2.24) is 9.38 Å². The number of nitrogen functional groups attached to an aromatic ring is 1. The zero-order valence-electron chi connectivity index (χ0n) is 17.3. The Morgan fingerprint density at radius 3 is 2.79 bits per heavy atom. The number of hydrogen-bond donors (Lipinski definition) is 1. The molecule has 3 heterocycles. The van der Waals surface area contributed by atoms with E-state index in [1.54, 1.807) is 23.8 Å². The van der Waals surface area contributed by atoms with Crippen molar-refractivity contribution in [3.05, 3.63) is 45.9 Å². The Morgan fingerprint density at radius 2 is 2.10 bits per heavy atom. The summed E-state index contributed by atoms with van der Waals surface area (Å²) in [6, 6.07) is 5.16. The molecule has 0 aliphatic carbocycles. The zero-order chi connectivity index (χ0) is 21.1. The maximum Gasteiger partial charge on any atom is 0.344 e. The van der Waals surface area contributed by atoms with E-state index >= 15 is 0 Å². The van der Waals surface area contributed by atoms with E-state index in [1.165, 1.54) is 10.5 Å². The lowest BCUT2D eigenvalue weighted by molar-refractivity contribution is -0.659. The Labute approximate surface area is 168 Å². The average Bonchev–Trinajstić information content (AvgIpc) is 2.67. The van der Waals surface area contributed by atoms with Gasteiger partial charge in [0, 0.05) is 19.2 Å². The molecule has 8 nitrogen and oxygen atoms in total. The molecule has 2 N–H and O–H groups in total. The van der Waals surface area contributed by atoms with Gasteiger partial charge >= 0.3 is 5.97 Å². The second kappa shape index (κ2) is 8.57. The first-order chi connectivity index (χ1) is 13.8. The number of hydrogen-bond acceptors (Lipinski definition) is 6. The van der Waals surface area contributed by atoms with E-state index in [9.17, 15) is 9.59 Å². The third kappa shape index (κ3) is 4.22. The highest BCUT2D eigenvalue weighted by molar-refractivity contribution is 5.96. The molecular weight excluding hydrogens is 372 g/mol. The highest BCUT2D eigenvalue weighted by Gasteiger charge is 2.25. The minimum absolute atomic E-state index is 0.120. The van der Waals surface area contributed by atoms with Crippen LogP contribution in [0.25, 0.3) is 16.7 Å². The molecule has 8 heteroatoms. The lowest BCUT2D eigenvalue weighted by atomic mass is 10.2. The highest BCUT2D eigenvalue weighted by atomic mass is 16.5. The number of anilines is 1. The topological polar surface area (TPSA) is 99.8 Å². The van der Waals surface area contributed by atoms with Crippen molar-refractivity contribution in [3.63, 3.8) is 0 Å². The van der Waals surface area contributed by atoms with Crippen LogP contribution in [0.15, 0.2) is 29.2 Å². The van der Waals surface area contributed by atoms with E-state index < -0.39 is 5.97 Å². The van der Waals surface area contributed by atoms with Crippen LogP contribution < -0.4 is 15.9 Å². The normalized spacial score (nSPS) is 11.5. The molecule has 3 aromatic heterocycles. The van der Waals surface area contributed by atoms with Crippen LogP contribution in [0.2, 0.25) is 0 Å². The fourth-order valence-electron chi connectivity index (χ4n) is 3.20. The van der Waals surface area contributed by atoms with Crippen molar-refractivity contribution in [1.29, 1.82) is 0 Å². The lowest BCUT2D eigenvalue weighted by Gasteiger charge is -2.12. The van der Waals surface area contributed by atoms with Crippen LogP contribution in [0.4, 0.5) is 5.82 Å². The average molecular weight is 399 g/mol. The van der Waals surface area contributed by atoms with Crippen LogP contribution in [-0.4, -0.2) is 34.7 Å². The fraction of sp³-hybridized carbons (Fsp3) is 0.429. The molecule has 154 valence electrons. The van der Waals surface area contributed by atoms with Gasteiger partial charge in [0.15, 0.2) is 0 Å². The van der Waals surface area contributed by atoms with E-state index in [1.807, 2.05) is 26.8 Å². The Hall–Kier alpha value is -3.00.